The highest BCUT2D eigenvalue weighted by atomic mass is 16.6. The smallest absolute Gasteiger partial charge is 0.333 e. The Balaban J connectivity index is 3.52. The van der Waals surface area contributed by atoms with Gasteiger partial charge in [-0.1, -0.05) is 6.58 Å². The van der Waals surface area contributed by atoms with Gasteiger partial charge in [0.1, 0.15) is 13.2 Å². The first kappa shape index (κ1) is 14.2. The highest BCUT2D eigenvalue weighted by molar-refractivity contribution is 5.86. The fraction of sp³-hybridized carbons (Fsp3) is 0.500. The van der Waals surface area contributed by atoms with E-state index in [1.165, 1.54) is 6.92 Å². The first-order valence-corrected chi connectivity index (χ1v) is 4.70. The van der Waals surface area contributed by atoms with Gasteiger partial charge in [0.2, 0.25) is 5.91 Å². The molecule has 0 rings (SSSR count). The molecule has 0 saturated heterocycles. The van der Waals surface area contributed by atoms with Crippen molar-refractivity contribution in [1.29, 1.82) is 0 Å². The number of primary amides is 1. The molecule has 6 heteroatoms. The molecule has 16 heavy (non-hydrogen) atoms. The summed E-state index contributed by atoms with van der Waals surface area (Å²) in [7, 11) is 0. The summed E-state index contributed by atoms with van der Waals surface area (Å²) in [5, 5.41) is 0. The zero-order valence-electron chi connectivity index (χ0n) is 9.15. The Morgan fingerprint density at radius 2 is 1.69 bits per heavy atom. The number of rotatable bonds is 7. The van der Waals surface area contributed by atoms with Crippen molar-refractivity contribution in [3.8, 4) is 0 Å². The average Bonchev–Trinajstić information content (AvgIpc) is 2.20. The van der Waals surface area contributed by atoms with Crippen LogP contribution in [0.3, 0.4) is 0 Å². The Bertz CT molecular complexity index is 298. The van der Waals surface area contributed by atoms with Crippen LogP contribution in [0.2, 0.25) is 0 Å². The van der Waals surface area contributed by atoms with Gasteiger partial charge in [-0.15, -0.1) is 0 Å². The minimum atomic E-state index is -0.564. The lowest BCUT2D eigenvalue weighted by Gasteiger charge is -2.05. The predicted octanol–water partition coefficient (Wildman–Crippen LogP) is -0.0856. The number of carbonyl (C=O) groups excluding carboxylic acids is 3. The normalized spacial score (nSPS) is 9.31. The van der Waals surface area contributed by atoms with Crippen LogP contribution in [-0.2, 0) is 23.9 Å². The van der Waals surface area contributed by atoms with E-state index >= 15 is 0 Å². The van der Waals surface area contributed by atoms with Crippen molar-refractivity contribution in [1.82, 2.24) is 0 Å². The van der Waals surface area contributed by atoms with Crippen molar-refractivity contribution in [2.45, 2.75) is 19.8 Å². The Morgan fingerprint density at radius 3 is 2.19 bits per heavy atom. The van der Waals surface area contributed by atoms with E-state index < -0.39 is 17.8 Å². The fourth-order valence-electron chi connectivity index (χ4n) is 0.710. The number of ether oxygens (including phenoxy) is 2. The second-order valence-corrected chi connectivity index (χ2v) is 3.10. The van der Waals surface area contributed by atoms with E-state index in [1.807, 2.05) is 0 Å². The second-order valence-electron chi connectivity index (χ2n) is 3.10. The van der Waals surface area contributed by atoms with Gasteiger partial charge in [-0.2, -0.15) is 0 Å². The number of hydrogen-bond acceptors (Lipinski definition) is 5. The van der Waals surface area contributed by atoms with E-state index in [4.69, 9.17) is 5.73 Å². The fourth-order valence-corrected chi connectivity index (χ4v) is 0.710. The van der Waals surface area contributed by atoms with Crippen LogP contribution >= 0.6 is 0 Å². The van der Waals surface area contributed by atoms with Gasteiger partial charge in [0.25, 0.3) is 0 Å². The predicted molar refractivity (Wildman–Crippen MR) is 55.2 cm³/mol. The van der Waals surface area contributed by atoms with Crippen LogP contribution in [0.1, 0.15) is 19.8 Å². The summed E-state index contributed by atoms with van der Waals surface area (Å²) in [5.74, 6) is -1.65. The van der Waals surface area contributed by atoms with Gasteiger partial charge in [0.05, 0.1) is 6.42 Å². The van der Waals surface area contributed by atoms with Gasteiger partial charge in [-0.05, 0) is 6.92 Å². The quantitative estimate of drug-likeness (QED) is 0.374. The van der Waals surface area contributed by atoms with Crippen molar-refractivity contribution in [2.75, 3.05) is 13.2 Å². The maximum absolute atomic E-state index is 10.9. The van der Waals surface area contributed by atoms with Crippen LogP contribution in [0.4, 0.5) is 0 Å². The third kappa shape index (κ3) is 7.54. The Morgan fingerprint density at radius 1 is 1.12 bits per heavy atom. The second kappa shape index (κ2) is 7.44. The molecule has 0 aromatic heterocycles. The first-order chi connectivity index (χ1) is 7.43. The summed E-state index contributed by atoms with van der Waals surface area (Å²) in [5.41, 5.74) is 5.12. The van der Waals surface area contributed by atoms with E-state index in [-0.39, 0.29) is 31.6 Å². The van der Waals surface area contributed by atoms with E-state index in [9.17, 15) is 14.4 Å². The van der Waals surface area contributed by atoms with Crippen molar-refractivity contribution in [3.05, 3.63) is 12.2 Å². The summed E-state index contributed by atoms with van der Waals surface area (Å²) in [6, 6.07) is 0. The summed E-state index contributed by atoms with van der Waals surface area (Å²) < 4.78 is 9.34. The van der Waals surface area contributed by atoms with E-state index in [1.54, 1.807) is 0 Å². The van der Waals surface area contributed by atoms with Gasteiger partial charge in [0.15, 0.2) is 0 Å². The monoisotopic (exact) mass is 229 g/mol. The van der Waals surface area contributed by atoms with Crippen molar-refractivity contribution in [3.63, 3.8) is 0 Å². The van der Waals surface area contributed by atoms with E-state index in [0.717, 1.165) is 0 Å². The molecule has 0 saturated carbocycles. The lowest BCUT2D eigenvalue weighted by molar-refractivity contribution is -0.150. The van der Waals surface area contributed by atoms with Crippen LogP contribution < -0.4 is 5.73 Å². The highest BCUT2D eigenvalue weighted by Crippen LogP contribution is 1.94. The minimum absolute atomic E-state index is 0.0337. The molecule has 0 aliphatic carbocycles. The molecule has 0 atom stereocenters. The van der Waals surface area contributed by atoms with Crippen molar-refractivity contribution >= 4 is 17.8 Å². The van der Waals surface area contributed by atoms with E-state index in [0.29, 0.717) is 0 Å². The molecule has 0 aliphatic rings. The number of nitrogens with two attached hydrogens (primary N) is 1. The largest absolute Gasteiger partial charge is 0.462 e. The third-order valence-corrected chi connectivity index (χ3v) is 1.50. The van der Waals surface area contributed by atoms with Gasteiger partial charge >= 0.3 is 11.9 Å². The minimum Gasteiger partial charge on any atom is -0.462 e. The topological polar surface area (TPSA) is 95.7 Å². The standard InChI is InChI=1S/C10H15NO5/c1-7(2)10(14)16-6-5-15-9(13)4-3-8(11)12/h1,3-6H2,2H3,(H2,11,12). The SMILES string of the molecule is C=C(C)C(=O)OCCOC(=O)CCC(N)=O. The summed E-state index contributed by atoms with van der Waals surface area (Å²) in [4.78, 5) is 32.2. The highest BCUT2D eigenvalue weighted by Gasteiger charge is 2.06. The molecule has 0 radical (unpaired) electrons. The molecule has 0 bridgehead atoms. The molecular formula is C10H15NO5. The maximum Gasteiger partial charge on any atom is 0.333 e. The van der Waals surface area contributed by atoms with Crippen molar-refractivity contribution in [2.24, 2.45) is 5.73 Å². The Kier molecular flexibility index (Phi) is 6.58. The molecule has 0 heterocycles. The van der Waals surface area contributed by atoms with Gasteiger partial charge < -0.3 is 15.2 Å². The van der Waals surface area contributed by atoms with Gasteiger partial charge in [0, 0.05) is 12.0 Å². The first-order valence-electron chi connectivity index (χ1n) is 4.70. The molecule has 2 N–H and O–H groups in total. The van der Waals surface area contributed by atoms with Crippen LogP contribution in [-0.4, -0.2) is 31.1 Å². The van der Waals surface area contributed by atoms with Crippen LogP contribution in [0.5, 0.6) is 0 Å². The number of amides is 1. The zero-order valence-corrected chi connectivity index (χ0v) is 9.15. The Labute approximate surface area is 93.4 Å². The molecule has 0 aliphatic heterocycles. The van der Waals surface area contributed by atoms with Gasteiger partial charge in [-0.25, -0.2) is 4.79 Å². The number of esters is 2. The third-order valence-electron chi connectivity index (χ3n) is 1.50. The molecule has 0 aromatic rings. The van der Waals surface area contributed by atoms with Crippen molar-refractivity contribution < 1.29 is 23.9 Å². The molecular weight excluding hydrogens is 214 g/mol. The Hall–Kier alpha value is -1.85. The molecule has 1 amide bonds. The molecule has 6 nitrogen and oxygen atoms in total. The summed E-state index contributed by atoms with van der Waals surface area (Å²) >= 11 is 0. The van der Waals surface area contributed by atoms with Crippen LogP contribution in [0.25, 0.3) is 0 Å². The number of carbonyl (C=O) groups is 3. The lowest BCUT2D eigenvalue weighted by atomic mass is 10.3. The maximum atomic E-state index is 10.9. The zero-order chi connectivity index (χ0) is 12.6. The average molecular weight is 229 g/mol. The molecule has 90 valence electrons. The van der Waals surface area contributed by atoms with E-state index in [2.05, 4.69) is 16.1 Å². The number of hydrogen-bond donors (Lipinski definition) is 1. The van der Waals surface area contributed by atoms with Gasteiger partial charge in [-0.3, -0.25) is 9.59 Å². The molecule has 0 spiro atoms. The molecule has 0 unspecified atom stereocenters. The van der Waals surface area contributed by atoms with Crippen LogP contribution in [0, 0.1) is 0 Å². The summed E-state index contributed by atoms with van der Waals surface area (Å²) in [6.07, 6.45) is -0.117. The lowest BCUT2D eigenvalue weighted by Crippen LogP contribution is -2.17. The molecule has 0 fully saturated rings. The summed E-state index contributed by atoms with van der Waals surface area (Å²) in [6.45, 7) is 4.82. The van der Waals surface area contributed by atoms with Crippen LogP contribution in [0.15, 0.2) is 12.2 Å². The molecule has 0 aromatic carbocycles.